The van der Waals surface area contributed by atoms with E-state index in [0.29, 0.717) is 23.3 Å². The van der Waals surface area contributed by atoms with Gasteiger partial charge in [-0.2, -0.15) is 0 Å². The molecule has 116 valence electrons. The Morgan fingerprint density at radius 3 is 2.90 bits per heavy atom. The maximum Gasteiger partial charge on any atom is 0.319 e. The third-order valence-corrected chi connectivity index (χ3v) is 4.64. The maximum absolute atomic E-state index is 12.0. The number of carbonyl (C=O) groups excluding carboxylic acids is 1. The summed E-state index contributed by atoms with van der Waals surface area (Å²) in [5.41, 5.74) is 1.91. The molecule has 1 aliphatic rings. The number of hydrogen-bond acceptors (Lipinski definition) is 2. The van der Waals surface area contributed by atoms with Crippen molar-refractivity contribution in [3.05, 3.63) is 28.8 Å². The van der Waals surface area contributed by atoms with Crippen LogP contribution in [0.25, 0.3) is 0 Å². The van der Waals surface area contributed by atoms with Crippen molar-refractivity contribution >= 4 is 23.3 Å². The Kier molecular flexibility index (Phi) is 5.12. The number of amides is 2. The monoisotopic (exact) mass is 309 g/mol. The van der Waals surface area contributed by atoms with Crippen molar-refractivity contribution in [2.75, 3.05) is 18.4 Å². The molecule has 0 saturated carbocycles. The van der Waals surface area contributed by atoms with Crippen LogP contribution in [0, 0.1) is 12.3 Å². The third kappa shape index (κ3) is 4.35. The maximum atomic E-state index is 12.0. The topological polar surface area (TPSA) is 53.2 Å². The summed E-state index contributed by atoms with van der Waals surface area (Å²) in [6, 6.07) is 5.61. The number of anilines is 1. The van der Waals surface area contributed by atoms with E-state index in [4.69, 9.17) is 11.6 Å². The van der Waals surface area contributed by atoms with Crippen molar-refractivity contribution < 1.29 is 4.79 Å². The van der Waals surface area contributed by atoms with Crippen LogP contribution in [-0.2, 0) is 0 Å². The Balaban J connectivity index is 1.85. The number of halogens is 1. The molecule has 0 radical (unpaired) electrons. The zero-order valence-electron chi connectivity index (χ0n) is 12.9. The molecular formula is C16H24ClN3O. The highest BCUT2D eigenvalue weighted by atomic mass is 35.5. The normalized spacial score (nSPS) is 20.9. The highest BCUT2D eigenvalue weighted by Crippen LogP contribution is 2.29. The van der Waals surface area contributed by atoms with E-state index in [9.17, 15) is 4.79 Å². The van der Waals surface area contributed by atoms with Crippen LogP contribution in [0.4, 0.5) is 10.5 Å². The largest absolute Gasteiger partial charge is 0.336 e. The third-order valence-electron chi connectivity index (χ3n) is 4.23. The van der Waals surface area contributed by atoms with Crippen LogP contribution in [-0.4, -0.2) is 25.2 Å². The number of aryl methyl sites for hydroxylation is 1. The predicted molar refractivity (Wildman–Crippen MR) is 88.0 cm³/mol. The fourth-order valence-corrected chi connectivity index (χ4v) is 2.84. The second-order valence-corrected chi connectivity index (χ2v) is 6.81. The summed E-state index contributed by atoms with van der Waals surface area (Å²) in [6.07, 6.45) is 2.37. The molecular weight excluding hydrogens is 286 g/mol. The molecule has 1 aromatic rings. The fraction of sp³-hybridized carbons (Fsp3) is 0.562. The van der Waals surface area contributed by atoms with Crippen LogP contribution < -0.4 is 16.0 Å². The number of rotatable bonds is 3. The molecule has 2 rings (SSSR count). The van der Waals surface area contributed by atoms with Gasteiger partial charge in [0.1, 0.15) is 0 Å². The minimum Gasteiger partial charge on any atom is -0.336 e. The first-order valence-electron chi connectivity index (χ1n) is 7.43. The Hall–Kier alpha value is -1.26. The standard InChI is InChI=1S/C16H24ClN3O/c1-11-5-6-12(9-13(11)17)20-15(21)19-10-14-16(2,3)7-4-8-18-14/h5-6,9,14,18H,4,7-8,10H2,1-3H3,(H2,19,20,21). The molecule has 1 aromatic carbocycles. The zero-order chi connectivity index (χ0) is 15.5. The fourth-order valence-electron chi connectivity index (χ4n) is 2.66. The number of nitrogens with one attached hydrogen (secondary N) is 3. The Morgan fingerprint density at radius 2 is 2.24 bits per heavy atom. The number of urea groups is 1. The van der Waals surface area contributed by atoms with E-state index < -0.39 is 0 Å². The molecule has 1 unspecified atom stereocenters. The average molecular weight is 310 g/mol. The highest BCUT2D eigenvalue weighted by molar-refractivity contribution is 6.31. The average Bonchev–Trinajstić information content (AvgIpc) is 2.41. The molecule has 0 aliphatic carbocycles. The van der Waals surface area contributed by atoms with Gasteiger partial charge in [0.15, 0.2) is 0 Å². The molecule has 0 bridgehead atoms. The first kappa shape index (κ1) is 16.1. The Labute approximate surface area is 131 Å². The smallest absolute Gasteiger partial charge is 0.319 e. The van der Waals surface area contributed by atoms with Crippen LogP contribution in [0.15, 0.2) is 18.2 Å². The van der Waals surface area contributed by atoms with E-state index in [2.05, 4.69) is 29.8 Å². The second-order valence-electron chi connectivity index (χ2n) is 6.40. The van der Waals surface area contributed by atoms with Crippen LogP contribution >= 0.6 is 11.6 Å². The number of hydrogen-bond donors (Lipinski definition) is 3. The van der Waals surface area contributed by atoms with Crippen LogP contribution in [0.5, 0.6) is 0 Å². The zero-order valence-corrected chi connectivity index (χ0v) is 13.7. The van der Waals surface area contributed by atoms with E-state index in [1.807, 2.05) is 19.1 Å². The molecule has 1 fully saturated rings. The molecule has 1 saturated heterocycles. The number of carbonyl (C=O) groups is 1. The van der Waals surface area contributed by atoms with E-state index >= 15 is 0 Å². The summed E-state index contributed by atoms with van der Waals surface area (Å²) in [4.78, 5) is 12.0. The second kappa shape index (κ2) is 6.67. The minimum absolute atomic E-state index is 0.196. The Bertz CT molecular complexity index is 516. The number of piperidine rings is 1. The summed E-state index contributed by atoms with van der Waals surface area (Å²) in [5, 5.41) is 9.89. The van der Waals surface area contributed by atoms with Crippen molar-refractivity contribution in [2.45, 2.75) is 39.7 Å². The van der Waals surface area contributed by atoms with Gasteiger partial charge >= 0.3 is 6.03 Å². The van der Waals surface area contributed by atoms with Crippen LogP contribution in [0.3, 0.4) is 0 Å². The lowest BCUT2D eigenvalue weighted by atomic mass is 9.77. The summed E-state index contributed by atoms with van der Waals surface area (Å²) in [5.74, 6) is 0. The van der Waals surface area contributed by atoms with Gasteiger partial charge in [-0.25, -0.2) is 4.79 Å². The van der Waals surface area contributed by atoms with Gasteiger partial charge in [-0.3, -0.25) is 0 Å². The van der Waals surface area contributed by atoms with Gasteiger partial charge in [-0.05, 0) is 49.4 Å². The van der Waals surface area contributed by atoms with Crippen molar-refractivity contribution in [3.63, 3.8) is 0 Å². The van der Waals surface area contributed by atoms with Gasteiger partial charge in [0, 0.05) is 23.3 Å². The molecule has 1 atom stereocenters. The molecule has 1 heterocycles. The van der Waals surface area contributed by atoms with E-state index in [1.54, 1.807) is 6.07 Å². The van der Waals surface area contributed by atoms with Gasteiger partial charge < -0.3 is 16.0 Å². The molecule has 5 heteroatoms. The van der Waals surface area contributed by atoms with Crippen molar-refractivity contribution in [3.8, 4) is 0 Å². The van der Waals surface area contributed by atoms with E-state index in [-0.39, 0.29) is 11.4 Å². The summed E-state index contributed by atoms with van der Waals surface area (Å²) < 4.78 is 0. The van der Waals surface area contributed by atoms with E-state index in [0.717, 1.165) is 12.1 Å². The predicted octanol–water partition coefficient (Wildman–Crippen LogP) is 3.55. The first-order chi connectivity index (χ1) is 9.88. The lowest BCUT2D eigenvalue weighted by Crippen LogP contribution is -2.53. The van der Waals surface area contributed by atoms with Gasteiger partial charge in [0.05, 0.1) is 0 Å². The highest BCUT2D eigenvalue weighted by Gasteiger charge is 2.31. The van der Waals surface area contributed by atoms with Gasteiger partial charge in [0.25, 0.3) is 0 Å². The minimum atomic E-state index is -0.196. The molecule has 21 heavy (non-hydrogen) atoms. The van der Waals surface area contributed by atoms with Gasteiger partial charge in [0.2, 0.25) is 0 Å². The summed E-state index contributed by atoms with van der Waals surface area (Å²) in [7, 11) is 0. The molecule has 4 nitrogen and oxygen atoms in total. The van der Waals surface area contributed by atoms with E-state index in [1.165, 1.54) is 12.8 Å². The van der Waals surface area contributed by atoms with Crippen molar-refractivity contribution in [1.29, 1.82) is 0 Å². The molecule has 0 aromatic heterocycles. The lowest BCUT2D eigenvalue weighted by molar-refractivity contribution is 0.177. The Morgan fingerprint density at radius 1 is 1.48 bits per heavy atom. The van der Waals surface area contributed by atoms with Gasteiger partial charge in [-0.1, -0.05) is 31.5 Å². The molecule has 1 aliphatic heterocycles. The van der Waals surface area contributed by atoms with Gasteiger partial charge in [-0.15, -0.1) is 0 Å². The van der Waals surface area contributed by atoms with Crippen LogP contribution in [0.1, 0.15) is 32.3 Å². The first-order valence-corrected chi connectivity index (χ1v) is 7.81. The molecule has 2 amide bonds. The quantitative estimate of drug-likeness (QED) is 0.800. The van der Waals surface area contributed by atoms with Crippen molar-refractivity contribution in [2.24, 2.45) is 5.41 Å². The van der Waals surface area contributed by atoms with Crippen LogP contribution in [0.2, 0.25) is 5.02 Å². The summed E-state index contributed by atoms with van der Waals surface area (Å²) in [6.45, 7) is 8.05. The van der Waals surface area contributed by atoms with Crippen molar-refractivity contribution in [1.82, 2.24) is 10.6 Å². The lowest BCUT2D eigenvalue weighted by Gasteiger charge is -2.39. The molecule has 0 spiro atoms. The molecule has 3 N–H and O–H groups in total. The summed E-state index contributed by atoms with van der Waals surface area (Å²) >= 11 is 6.05. The SMILES string of the molecule is Cc1ccc(NC(=O)NCC2NCCCC2(C)C)cc1Cl. The number of benzene rings is 1.